The van der Waals surface area contributed by atoms with E-state index in [1.54, 1.807) is 35.4 Å². The van der Waals surface area contributed by atoms with Crippen LogP contribution in [0.25, 0.3) is 0 Å². The van der Waals surface area contributed by atoms with Gasteiger partial charge < -0.3 is 14.4 Å². The van der Waals surface area contributed by atoms with E-state index in [2.05, 4.69) is 9.97 Å². The molecular weight excluding hydrogens is 325 g/mol. The van der Waals surface area contributed by atoms with Crippen molar-refractivity contribution in [1.82, 2.24) is 14.9 Å². The Bertz CT molecular complexity index is 733. The summed E-state index contributed by atoms with van der Waals surface area (Å²) in [7, 11) is 1.50. The maximum Gasteiger partial charge on any atom is 0.319 e. The smallest absolute Gasteiger partial charge is 0.319 e. The van der Waals surface area contributed by atoms with Gasteiger partial charge in [0.25, 0.3) is 0 Å². The average molecular weight is 345 g/mol. The minimum absolute atomic E-state index is 0.0166. The predicted molar refractivity (Wildman–Crippen MR) is 88.9 cm³/mol. The van der Waals surface area contributed by atoms with Crippen LogP contribution in [0, 0.1) is 5.82 Å². The summed E-state index contributed by atoms with van der Waals surface area (Å²) in [5, 5.41) is 0. The number of nitrogens with zero attached hydrogens (tertiary/aromatic N) is 3. The third-order valence-electron chi connectivity index (χ3n) is 4.17. The number of ether oxygens (including phenoxy) is 2. The minimum Gasteiger partial charge on any atom is -0.474 e. The lowest BCUT2D eigenvalue weighted by molar-refractivity contribution is -0.132. The Morgan fingerprint density at radius 2 is 2.04 bits per heavy atom. The topological polar surface area (TPSA) is 64.6 Å². The summed E-state index contributed by atoms with van der Waals surface area (Å²) < 4.78 is 24.5. The zero-order valence-corrected chi connectivity index (χ0v) is 14.0. The monoisotopic (exact) mass is 345 g/mol. The van der Waals surface area contributed by atoms with Gasteiger partial charge in [0.15, 0.2) is 0 Å². The first-order chi connectivity index (χ1) is 12.2. The summed E-state index contributed by atoms with van der Waals surface area (Å²) in [6, 6.07) is 8.31. The van der Waals surface area contributed by atoms with Gasteiger partial charge in [-0.25, -0.2) is 9.37 Å². The van der Waals surface area contributed by atoms with Gasteiger partial charge in [-0.3, -0.25) is 4.79 Å². The summed E-state index contributed by atoms with van der Waals surface area (Å²) in [6.45, 7) is 1.17. The molecule has 0 spiro atoms. The minimum atomic E-state index is -0.341. The van der Waals surface area contributed by atoms with Crippen LogP contribution >= 0.6 is 0 Å². The lowest BCUT2D eigenvalue weighted by Crippen LogP contribution is -2.42. The van der Waals surface area contributed by atoms with Crippen molar-refractivity contribution in [3.05, 3.63) is 47.9 Å². The molecule has 6 nitrogen and oxygen atoms in total. The van der Waals surface area contributed by atoms with Crippen LogP contribution in [-0.2, 0) is 11.2 Å². The lowest BCUT2D eigenvalue weighted by Gasteiger charge is -2.32. The van der Waals surface area contributed by atoms with Crippen molar-refractivity contribution in [2.75, 3.05) is 20.2 Å². The molecular formula is C18H20FN3O3. The molecule has 3 rings (SSSR count). The van der Waals surface area contributed by atoms with Crippen LogP contribution in [-0.4, -0.2) is 47.1 Å². The van der Waals surface area contributed by atoms with E-state index in [9.17, 15) is 9.18 Å². The van der Waals surface area contributed by atoms with Crippen molar-refractivity contribution in [2.24, 2.45) is 0 Å². The molecule has 25 heavy (non-hydrogen) atoms. The highest BCUT2D eigenvalue weighted by Crippen LogP contribution is 2.19. The van der Waals surface area contributed by atoms with Gasteiger partial charge in [-0.2, -0.15) is 4.98 Å². The molecule has 1 aromatic heterocycles. The summed E-state index contributed by atoms with van der Waals surface area (Å²) in [5.74, 6) is 0.0574. The van der Waals surface area contributed by atoms with Gasteiger partial charge in [-0.1, -0.05) is 18.2 Å². The van der Waals surface area contributed by atoms with Crippen molar-refractivity contribution in [3.8, 4) is 11.9 Å². The summed E-state index contributed by atoms with van der Waals surface area (Å²) >= 11 is 0. The number of likely N-dealkylation sites (tertiary alicyclic amines) is 1. The molecule has 1 fully saturated rings. The number of hydrogen-bond acceptors (Lipinski definition) is 5. The van der Waals surface area contributed by atoms with Crippen LogP contribution in [0.15, 0.2) is 36.5 Å². The van der Waals surface area contributed by atoms with Gasteiger partial charge in [0.1, 0.15) is 11.9 Å². The van der Waals surface area contributed by atoms with Gasteiger partial charge in [-0.05, 0) is 11.6 Å². The highest BCUT2D eigenvalue weighted by atomic mass is 19.1. The largest absolute Gasteiger partial charge is 0.474 e. The van der Waals surface area contributed by atoms with Crippen LogP contribution in [0.5, 0.6) is 11.9 Å². The SMILES string of the molecule is COc1nccc(OC2CCN(C(=O)Cc3ccccc3F)CC2)n1. The van der Waals surface area contributed by atoms with Gasteiger partial charge in [0, 0.05) is 38.2 Å². The van der Waals surface area contributed by atoms with Crippen molar-refractivity contribution in [1.29, 1.82) is 0 Å². The number of piperidine rings is 1. The summed E-state index contributed by atoms with van der Waals surface area (Å²) in [5.41, 5.74) is 0.430. The first-order valence-corrected chi connectivity index (χ1v) is 8.20. The van der Waals surface area contributed by atoms with Crippen molar-refractivity contribution < 1.29 is 18.7 Å². The number of rotatable bonds is 5. The number of methoxy groups -OCH3 is 1. The van der Waals surface area contributed by atoms with Crippen molar-refractivity contribution in [2.45, 2.75) is 25.4 Å². The van der Waals surface area contributed by atoms with E-state index >= 15 is 0 Å². The highest BCUT2D eigenvalue weighted by molar-refractivity contribution is 5.78. The molecule has 2 heterocycles. The number of hydrogen-bond donors (Lipinski definition) is 0. The van der Waals surface area contributed by atoms with E-state index in [1.165, 1.54) is 13.2 Å². The third-order valence-corrected chi connectivity index (χ3v) is 4.17. The molecule has 1 amide bonds. The molecule has 1 saturated heterocycles. The van der Waals surface area contributed by atoms with Crippen molar-refractivity contribution >= 4 is 5.91 Å². The predicted octanol–water partition coefficient (Wildman–Crippen LogP) is 2.24. The maximum absolute atomic E-state index is 13.7. The third kappa shape index (κ3) is 4.43. The van der Waals surface area contributed by atoms with Gasteiger partial charge in [0.05, 0.1) is 13.5 Å². The van der Waals surface area contributed by atoms with Crippen LogP contribution in [0.1, 0.15) is 18.4 Å². The Hall–Kier alpha value is -2.70. The van der Waals surface area contributed by atoms with Crippen LogP contribution in [0.4, 0.5) is 4.39 Å². The number of carbonyl (C=O) groups is 1. The van der Waals surface area contributed by atoms with E-state index in [1.807, 2.05) is 0 Å². The maximum atomic E-state index is 13.7. The van der Waals surface area contributed by atoms with Crippen LogP contribution in [0.2, 0.25) is 0 Å². The molecule has 1 aliphatic heterocycles. The first-order valence-electron chi connectivity index (χ1n) is 8.20. The van der Waals surface area contributed by atoms with E-state index in [-0.39, 0.29) is 30.3 Å². The van der Waals surface area contributed by atoms with E-state index < -0.39 is 0 Å². The number of benzene rings is 1. The molecule has 2 aromatic rings. The molecule has 0 bridgehead atoms. The fourth-order valence-corrected chi connectivity index (χ4v) is 2.80. The number of carbonyl (C=O) groups excluding carboxylic acids is 1. The fourth-order valence-electron chi connectivity index (χ4n) is 2.80. The Morgan fingerprint density at radius 3 is 2.76 bits per heavy atom. The Labute approximate surface area is 145 Å². The van der Waals surface area contributed by atoms with E-state index in [0.29, 0.717) is 37.4 Å². The number of halogens is 1. The molecule has 7 heteroatoms. The first kappa shape index (κ1) is 17.1. The second-order valence-electron chi connectivity index (χ2n) is 5.85. The number of amides is 1. The summed E-state index contributed by atoms with van der Waals surface area (Å²) in [4.78, 5) is 22.2. The summed E-state index contributed by atoms with van der Waals surface area (Å²) in [6.07, 6.45) is 3.05. The average Bonchev–Trinajstić information content (AvgIpc) is 2.64. The fraction of sp³-hybridized carbons (Fsp3) is 0.389. The van der Waals surface area contributed by atoms with Gasteiger partial charge >= 0.3 is 6.01 Å². The molecule has 0 atom stereocenters. The second kappa shape index (κ2) is 7.92. The highest BCUT2D eigenvalue weighted by Gasteiger charge is 2.24. The zero-order valence-electron chi connectivity index (χ0n) is 14.0. The van der Waals surface area contributed by atoms with Gasteiger partial charge in [0.2, 0.25) is 11.8 Å². The molecule has 1 aromatic carbocycles. The standard InChI is InChI=1S/C18H20FN3O3/c1-24-18-20-9-6-16(21-18)25-14-7-10-22(11-8-14)17(23)12-13-4-2-3-5-15(13)19/h2-6,9,14H,7-8,10-12H2,1H3. The molecule has 0 N–H and O–H groups in total. The normalized spacial score (nSPS) is 15.0. The van der Waals surface area contributed by atoms with Gasteiger partial charge in [-0.15, -0.1) is 0 Å². The van der Waals surface area contributed by atoms with Crippen molar-refractivity contribution in [3.63, 3.8) is 0 Å². The van der Waals surface area contributed by atoms with E-state index in [0.717, 1.165) is 0 Å². The van der Waals surface area contributed by atoms with Crippen LogP contribution in [0.3, 0.4) is 0 Å². The Balaban J connectivity index is 1.51. The quantitative estimate of drug-likeness (QED) is 0.831. The second-order valence-corrected chi connectivity index (χ2v) is 5.85. The van der Waals surface area contributed by atoms with E-state index in [4.69, 9.17) is 9.47 Å². The molecule has 132 valence electrons. The Kier molecular flexibility index (Phi) is 5.42. The molecule has 0 radical (unpaired) electrons. The van der Waals surface area contributed by atoms with Crippen LogP contribution < -0.4 is 9.47 Å². The number of aromatic nitrogens is 2. The molecule has 1 aliphatic rings. The molecule has 0 saturated carbocycles. The molecule has 0 unspecified atom stereocenters. The Morgan fingerprint density at radius 1 is 1.28 bits per heavy atom. The zero-order chi connectivity index (χ0) is 17.6. The lowest BCUT2D eigenvalue weighted by atomic mass is 10.1. The molecule has 0 aliphatic carbocycles.